The highest BCUT2D eigenvalue weighted by Crippen LogP contribution is 2.22. The van der Waals surface area contributed by atoms with E-state index in [9.17, 15) is 9.59 Å². The number of anilines is 1. The minimum atomic E-state index is -0.254. The number of rotatable bonds is 10. The number of aryl methyl sites for hydroxylation is 1. The summed E-state index contributed by atoms with van der Waals surface area (Å²) in [5.74, 6) is 0.532. The van der Waals surface area contributed by atoms with Gasteiger partial charge < -0.3 is 19.5 Å². The van der Waals surface area contributed by atoms with Gasteiger partial charge in [0.25, 0.3) is 0 Å². The molecule has 0 spiro atoms. The number of hydrogen-bond acceptors (Lipinski definition) is 5. The molecule has 1 heterocycles. The van der Waals surface area contributed by atoms with Gasteiger partial charge in [-0.05, 0) is 32.4 Å². The van der Waals surface area contributed by atoms with Gasteiger partial charge in [0, 0.05) is 31.0 Å². The Morgan fingerprint density at radius 3 is 2.76 bits per heavy atom. The number of ether oxygens (including phenoxy) is 1. The van der Waals surface area contributed by atoms with Crippen LogP contribution in [0.2, 0.25) is 0 Å². The smallest absolute Gasteiger partial charge is 0.243 e. The summed E-state index contributed by atoms with van der Waals surface area (Å²) in [5.41, 5.74) is 2.76. The van der Waals surface area contributed by atoms with E-state index in [1.54, 1.807) is 38.4 Å². The van der Waals surface area contributed by atoms with E-state index in [0.29, 0.717) is 11.4 Å². The zero-order valence-electron chi connectivity index (χ0n) is 17.8. The topological polar surface area (TPSA) is 76.5 Å². The van der Waals surface area contributed by atoms with Crippen molar-refractivity contribution in [2.75, 3.05) is 31.8 Å². The summed E-state index contributed by atoms with van der Waals surface area (Å²) in [7, 11) is 3.20. The predicted molar refractivity (Wildman–Crippen MR) is 117 cm³/mol. The molecule has 1 aromatic carbocycles. The van der Waals surface area contributed by atoms with E-state index in [2.05, 4.69) is 28.7 Å². The maximum atomic E-state index is 12.5. The van der Waals surface area contributed by atoms with Crippen molar-refractivity contribution in [3.63, 3.8) is 0 Å². The van der Waals surface area contributed by atoms with E-state index in [0.717, 1.165) is 35.9 Å². The fourth-order valence-corrected chi connectivity index (χ4v) is 3.81. The predicted octanol–water partition coefficient (Wildman–Crippen LogP) is 3.50. The molecule has 2 aromatic rings. The molecule has 2 amide bonds. The molecule has 0 fully saturated rings. The van der Waals surface area contributed by atoms with E-state index in [4.69, 9.17) is 4.74 Å². The number of unbranched alkanes of at least 4 members (excludes halogenated alkanes) is 1. The summed E-state index contributed by atoms with van der Waals surface area (Å²) < 4.78 is 7.32. The lowest BCUT2D eigenvalue weighted by atomic mass is 10.3. The Kier molecular flexibility index (Phi) is 8.57. The number of nitrogens with zero attached hydrogens (tertiary/aromatic N) is 3. The molecule has 0 aliphatic heterocycles. The van der Waals surface area contributed by atoms with Crippen molar-refractivity contribution in [2.24, 2.45) is 0 Å². The van der Waals surface area contributed by atoms with Gasteiger partial charge in [0.15, 0.2) is 5.16 Å². The second-order valence-corrected chi connectivity index (χ2v) is 7.83. The average Bonchev–Trinajstić information content (AvgIpc) is 2.97. The first-order chi connectivity index (χ1) is 13.8. The first kappa shape index (κ1) is 22.8. The highest BCUT2D eigenvalue weighted by molar-refractivity contribution is 7.99. The van der Waals surface area contributed by atoms with Crippen LogP contribution >= 0.6 is 11.8 Å². The van der Waals surface area contributed by atoms with E-state index >= 15 is 0 Å². The van der Waals surface area contributed by atoms with E-state index in [-0.39, 0.29) is 24.1 Å². The molecule has 0 aliphatic rings. The summed E-state index contributed by atoms with van der Waals surface area (Å²) in [6, 6.07) is 7.11. The Bertz CT molecular complexity index is 850. The van der Waals surface area contributed by atoms with Crippen LogP contribution in [0.3, 0.4) is 0 Å². The summed E-state index contributed by atoms with van der Waals surface area (Å²) in [6.45, 7) is 7.08. The number of likely N-dealkylation sites (N-methyl/N-ethyl adjacent to an activating group) is 1. The second kappa shape index (κ2) is 10.9. The Hall–Kier alpha value is -2.48. The Morgan fingerprint density at radius 1 is 1.31 bits per heavy atom. The number of hydrogen-bond donors (Lipinski definition) is 1. The minimum Gasteiger partial charge on any atom is -0.497 e. The molecule has 0 saturated carbocycles. The molecule has 0 saturated heterocycles. The Balaban J connectivity index is 1.89. The number of imidazole rings is 1. The van der Waals surface area contributed by atoms with Crippen LogP contribution < -0.4 is 10.1 Å². The van der Waals surface area contributed by atoms with Crippen molar-refractivity contribution in [1.82, 2.24) is 14.5 Å². The molecule has 0 unspecified atom stereocenters. The third-order valence-corrected chi connectivity index (χ3v) is 5.60. The van der Waals surface area contributed by atoms with Crippen LogP contribution in [0.4, 0.5) is 5.69 Å². The molecule has 1 aromatic heterocycles. The molecular weight excluding hydrogens is 388 g/mol. The second-order valence-electron chi connectivity index (χ2n) is 6.89. The Morgan fingerprint density at radius 2 is 2.07 bits per heavy atom. The standard InChI is InChI=1S/C21H30N4O3S/c1-6-7-11-25-16(3)15(2)22-21(25)29-14-20(27)24(4)13-19(26)23-17-9-8-10-18(12-17)28-5/h8-10,12H,6-7,11,13-14H2,1-5H3,(H,23,26). The van der Waals surface area contributed by atoms with Gasteiger partial charge in [-0.15, -0.1) is 0 Å². The van der Waals surface area contributed by atoms with Gasteiger partial charge in [0.1, 0.15) is 5.75 Å². The van der Waals surface area contributed by atoms with Gasteiger partial charge in [-0.25, -0.2) is 4.98 Å². The minimum absolute atomic E-state index is 0.0149. The quantitative estimate of drug-likeness (QED) is 0.598. The zero-order chi connectivity index (χ0) is 21.4. The maximum absolute atomic E-state index is 12.5. The monoisotopic (exact) mass is 418 g/mol. The lowest BCUT2D eigenvalue weighted by molar-refractivity contribution is -0.131. The Labute approximate surface area is 176 Å². The number of benzene rings is 1. The molecule has 8 heteroatoms. The van der Waals surface area contributed by atoms with Crippen molar-refractivity contribution in [2.45, 2.75) is 45.3 Å². The summed E-state index contributed by atoms with van der Waals surface area (Å²) in [6.07, 6.45) is 2.17. The first-order valence-corrected chi connectivity index (χ1v) is 10.7. The number of nitrogens with one attached hydrogen (secondary N) is 1. The molecule has 0 bridgehead atoms. The van der Waals surface area contributed by atoms with Crippen LogP contribution in [-0.4, -0.2) is 52.7 Å². The molecule has 0 aliphatic carbocycles. The number of amides is 2. The molecular formula is C21H30N4O3S. The van der Waals surface area contributed by atoms with Gasteiger partial charge in [-0.2, -0.15) is 0 Å². The fraction of sp³-hybridized carbons (Fsp3) is 0.476. The third-order valence-electron chi connectivity index (χ3n) is 4.64. The van der Waals surface area contributed by atoms with Crippen molar-refractivity contribution in [3.05, 3.63) is 35.7 Å². The SMILES string of the molecule is CCCCn1c(SCC(=O)N(C)CC(=O)Nc2cccc(OC)c2)nc(C)c1C. The van der Waals surface area contributed by atoms with Crippen LogP contribution in [0.1, 0.15) is 31.2 Å². The van der Waals surface area contributed by atoms with Gasteiger partial charge in [-0.3, -0.25) is 9.59 Å². The van der Waals surface area contributed by atoms with Crippen LogP contribution in [0.15, 0.2) is 29.4 Å². The molecule has 2 rings (SSSR count). The van der Waals surface area contributed by atoms with Crippen molar-refractivity contribution < 1.29 is 14.3 Å². The highest BCUT2D eigenvalue weighted by Gasteiger charge is 2.17. The average molecular weight is 419 g/mol. The van der Waals surface area contributed by atoms with Gasteiger partial charge in [0.2, 0.25) is 11.8 Å². The molecule has 29 heavy (non-hydrogen) atoms. The number of carbonyl (C=O) groups excluding carboxylic acids is 2. The maximum Gasteiger partial charge on any atom is 0.243 e. The van der Waals surface area contributed by atoms with Crippen LogP contribution in [0, 0.1) is 13.8 Å². The van der Waals surface area contributed by atoms with Gasteiger partial charge >= 0.3 is 0 Å². The molecule has 0 atom stereocenters. The number of carbonyl (C=O) groups is 2. The largest absolute Gasteiger partial charge is 0.497 e. The van der Waals surface area contributed by atoms with Gasteiger partial charge in [-0.1, -0.05) is 31.2 Å². The summed E-state index contributed by atoms with van der Waals surface area (Å²) >= 11 is 1.42. The highest BCUT2D eigenvalue weighted by atomic mass is 32.2. The number of thioether (sulfide) groups is 1. The normalized spacial score (nSPS) is 10.7. The third kappa shape index (κ3) is 6.52. The van der Waals surface area contributed by atoms with Gasteiger partial charge in [0.05, 0.1) is 25.1 Å². The van der Waals surface area contributed by atoms with Crippen LogP contribution in [0.5, 0.6) is 5.75 Å². The van der Waals surface area contributed by atoms with Crippen molar-refractivity contribution in [1.29, 1.82) is 0 Å². The zero-order valence-corrected chi connectivity index (χ0v) is 18.6. The lowest BCUT2D eigenvalue weighted by Gasteiger charge is -2.17. The number of methoxy groups -OCH3 is 1. The molecule has 1 N–H and O–H groups in total. The first-order valence-electron chi connectivity index (χ1n) is 9.70. The van der Waals surface area contributed by atoms with Crippen LogP contribution in [0.25, 0.3) is 0 Å². The number of aromatic nitrogens is 2. The summed E-state index contributed by atoms with van der Waals surface area (Å²) in [4.78, 5) is 30.8. The fourth-order valence-electron chi connectivity index (χ4n) is 2.75. The summed E-state index contributed by atoms with van der Waals surface area (Å²) in [5, 5.41) is 3.64. The van der Waals surface area contributed by atoms with Crippen molar-refractivity contribution in [3.8, 4) is 5.75 Å². The molecule has 158 valence electrons. The molecule has 0 radical (unpaired) electrons. The molecule has 7 nitrogen and oxygen atoms in total. The van der Waals surface area contributed by atoms with Crippen molar-refractivity contribution >= 4 is 29.3 Å². The van der Waals surface area contributed by atoms with E-state index in [1.807, 2.05) is 6.92 Å². The van der Waals surface area contributed by atoms with E-state index < -0.39 is 0 Å². The van der Waals surface area contributed by atoms with Crippen LogP contribution in [-0.2, 0) is 16.1 Å². The van der Waals surface area contributed by atoms with E-state index in [1.165, 1.54) is 16.7 Å². The lowest BCUT2D eigenvalue weighted by Crippen LogP contribution is -2.36.